The number of hydrogen-bond acceptors (Lipinski definition) is 7. The summed E-state index contributed by atoms with van der Waals surface area (Å²) in [6.45, 7) is 0. The van der Waals surface area contributed by atoms with E-state index in [4.69, 9.17) is 9.94 Å². The van der Waals surface area contributed by atoms with Crippen LogP contribution in [0.4, 0.5) is 4.39 Å². The SMILES string of the molecule is O=C(O)C(CS(=O)(=O)c1ccc(Oc2ccc(F)cc2)cc1)NC1(C(=O)NO)CCC1. The third kappa shape index (κ3) is 5.19. The number of hydrogen-bond donors (Lipinski definition) is 4. The lowest BCUT2D eigenvalue weighted by atomic mass is 9.75. The van der Waals surface area contributed by atoms with E-state index in [9.17, 15) is 27.5 Å². The Bertz CT molecular complexity index is 1050. The van der Waals surface area contributed by atoms with E-state index in [0.717, 1.165) is 0 Å². The first-order chi connectivity index (χ1) is 14.6. The fourth-order valence-corrected chi connectivity index (χ4v) is 4.66. The minimum absolute atomic E-state index is 0.124. The highest BCUT2D eigenvalue weighted by Gasteiger charge is 2.47. The Hall–Kier alpha value is -3.02. The van der Waals surface area contributed by atoms with Crippen LogP contribution in [-0.2, 0) is 19.4 Å². The maximum atomic E-state index is 13.0. The van der Waals surface area contributed by atoms with Crippen LogP contribution in [-0.4, -0.2) is 47.9 Å². The Morgan fingerprint density at radius 3 is 2.06 bits per heavy atom. The van der Waals surface area contributed by atoms with Crippen LogP contribution in [0.3, 0.4) is 0 Å². The number of benzene rings is 2. The summed E-state index contributed by atoms with van der Waals surface area (Å²) < 4.78 is 44.0. The van der Waals surface area contributed by atoms with Crippen molar-refractivity contribution >= 4 is 21.7 Å². The second-order valence-electron chi connectivity index (χ2n) is 7.22. The monoisotopic (exact) mass is 452 g/mol. The molecule has 0 bridgehead atoms. The van der Waals surface area contributed by atoms with E-state index in [2.05, 4.69) is 5.32 Å². The number of halogens is 1. The van der Waals surface area contributed by atoms with Crippen molar-refractivity contribution in [3.8, 4) is 11.5 Å². The van der Waals surface area contributed by atoms with Crippen LogP contribution in [0.5, 0.6) is 11.5 Å². The van der Waals surface area contributed by atoms with Gasteiger partial charge >= 0.3 is 5.97 Å². The molecule has 0 heterocycles. The van der Waals surface area contributed by atoms with E-state index >= 15 is 0 Å². The van der Waals surface area contributed by atoms with Gasteiger partial charge in [-0.2, -0.15) is 0 Å². The third-order valence-corrected chi connectivity index (χ3v) is 6.87. The Kier molecular flexibility index (Phi) is 6.58. The molecule has 4 N–H and O–H groups in total. The van der Waals surface area contributed by atoms with Gasteiger partial charge in [-0.3, -0.25) is 20.1 Å². The van der Waals surface area contributed by atoms with Crippen LogP contribution in [0.1, 0.15) is 19.3 Å². The molecule has 3 rings (SSSR count). The van der Waals surface area contributed by atoms with Crippen LogP contribution in [0.15, 0.2) is 53.4 Å². The third-order valence-electron chi connectivity index (χ3n) is 5.11. The zero-order valence-corrected chi connectivity index (χ0v) is 17.1. The molecule has 0 radical (unpaired) electrons. The fraction of sp³-hybridized carbons (Fsp3) is 0.300. The first kappa shape index (κ1) is 22.7. The minimum atomic E-state index is -4.03. The Balaban J connectivity index is 1.72. The molecule has 0 spiro atoms. The highest BCUT2D eigenvalue weighted by Crippen LogP contribution is 2.33. The number of carbonyl (C=O) groups excluding carboxylic acids is 1. The zero-order chi connectivity index (χ0) is 22.6. The summed E-state index contributed by atoms with van der Waals surface area (Å²) in [5.41, 5.74) is 0.178. The number of amides is 1. The van der Waals surface area contributed by atoms with Gasteiger partial charge in [0, 0.05) is 0 Å². The summed E-state index contributed by atoms with van der Waals surface area (Å²) in [4.78, 5) is 23.4. The van der Waals surface area contributed by atoms with Gasteiger partial charge in [-0.25, -0.2) is 18.3 Å². The molecule has 11 heteroatoms. The molecule has 1 unspecified atom stereocenters. The number of carboxylic acids is 1. The molecule has 0 aliphatic heterocycles. The zero-order valence-electron chi connectivity index (χ0n) is 16.2. The largest absolute Gasteiger partial charge is 0.480 e. The van der Waals surface area contributed by atoms with E-state index in [1.165, 1.54) is 54.0 Å². The number of aliphatic carboxylic acids is 1. The molecule has 1 fully saturated rings. The van der Waals surface area contributed by atoms with Crippen molar-refractivity contribution < 1.29 is 37.4 Å². The smallest absolute Gasteiger partial charge is 0.321 e. The highest BCUT2D eigenvalue weighted by atomic mass is 32.2. The molecule has 1 aliphatic carbocycles. The fourth-order valence-electron chi connectivity index (χ4n) is 3.25. The van der Waals surface area contributed by atoms with Crippen LogP contribution in [0.2, 0.25) is 0 Å². The molecule has 1 atom stereocenters. The summed E-state index contributed by atoms with van der Waals surface area (Å²) in [7, 11) is -4.03. The van der Waals surface area contributed by atoms with Gasteiger partial charge in [0.25, 0.3) is 5.91 Å². The molecule has 9 nitrogen and oxygen atoms in total. The maximum Gasteiger partial charge on any atom is 0.321 e. The van der Waals surface area contributed by atoms with Gasteiger partial charge in [0.05, 0.1) is 10.6 Å². The molecule has 31 heavy (non-hydrogen) atoms. The van der Waals surface area contributed by atoms with Crippen molar-refractivity contribution in [3.63, 3.8) is 0 Å². The van der Waals surface area contributed by atoms with Crippen molar-refractivity contribution in [2.45, 2.75) is 35.7 Å². The van der Waals surface area contributed by atoms with Gasteiger partial charge in [0.15, 0.2) is 9.84 Å². The van der Waals surface area contributed by atoms with E-state index in [1.54, 1.807) is 0 Å². The molecule has 166 valence electrons. The van der Waals surface area contributed by atoms with E-state index in [0.29, 0.717) is 17.9 Å². The molecular weight excluding hydrogens is 431 g/mol. The Morgan fingerprint density at radius 2 is 1.61 bits per heavy atom. The summed E-state index contributed by atoms with van der Waals surface area (Å²) in [5, 5.41) is 21.0. The molecule has 2 aromatic rings. The van der Waals surface area contributed by atoms with Crippen LogP contribution >= 0.6 is 0 Å². The summed E-state index contributed by atoms with van der Waals surface area (Å²) in [5.74, 6) is -2.77. The van der Waals surface area contributed by atoms with E-state index in [1.807, 2.05) is 0 Å². The molecular formula is C20H21FN2O7S. The summed E-state index contributed by atoms with van der Waals surface area (Å²) in [6.07, 6.45) is 1.19. The molecule has 1 amide bonds. The highest BCUT2D eigenvalue weighted by molar-refractivity contribution is 7.91. The average molecular weight is 452 g/mol. The van der Waals surface area contributed by atoms with E-state index < -0.39 is 44.9 Å². The van der Waals surface area contributed by atoms with Crippen LogP contribution in [0, 0.1) is 5.82 Å². The van der Waals surface area contributed by atoms with Gasteiger partial charge < -0.3 is 9.84 Å². The van der Waals surface area contributed by atoms with Crippen molar-refractivity contribution in [2.24, 2.45) is 0 Å². The Morgan fingerprint density at radius 1 is 1.06 bits per heavy atom. The normalized spacial score (nSPS) is 16.1. The van der Waals surface area contributed by atoms with Crippen LogP contribution < -0.4 is 15.5 Å². The quantitative estimate of drug-likeness (QED) is 0.334. The maximum absolute atomic E-state index is 13.0. The first-order valence-corrected chi connectivity index (χ1v) is 11.0. The second kappa shape index (κ2) is 9.00. The molecule has 0 aromatic heterocycles. The standard InChI is InChI=1S/C20H21FN2O7S/c21-13-2-4-14(5-3-13)30-15-6-8-16(9-7-15)31(28,29)12-17(18(24)25)22-20(10-1-11-20)19(26)23-27/h2-9,17,22,27H,1,10-12H2,(H,23,26)(H,24,25). The average Bonchev–Trinajstić information content (AvgIpc) is 2.71. The number of carbonyl (C=O) groups is 2. The minimum Gasteiger partial charge on any atom is -0.480 e. The van der Waals surface area contributed by atoms with Crippen molar-refractivity contribution in [1.29, 1.82) is 0 Å². The van der Waals surface area contributed by atoms with Gasteiger partial charge in [-0.1, -0.05) is 0 Å². The lowest BCUT2D eigenvalue weighted by Crippen LogP contribution is -2.65. The first-order valence-electron chi connectivity index (χ1n) is 9.36. The van der Waals surface area contributed by atoms with Gasteiger partial charge in [0.1, 0.15) is 28.9 Å². The van der Waals surface area contributed by atoms with E-state index in [-0.39, 0.29) is 17.7 Å². The molecule has 1 saturated carbocycles. The topological polar surface area (TPSA) is 142 Å². The van der Waals surface area contributed by atoms with Crippen molar-refractivity contribution in [1.82, 2.24) is 10.8 Å². The number of rotatable bonds is 9. The number of carboxylic acid groups (broad SMARTS) is 1. The number of hydroxylamine groups is 1. The van der Waals surface area contributed by atoms with Crippen molar-refractivity contribution in [2.75, 3.05) is 5.75 Å². The Labute approximate surface area is 177 Å². The van der Waals surface area contributed by atoms with Gasteiger partial charge in [-0.05, 0) is 67.8 Å². The lowest BCUT2D eigenvalue weighted by Gasteiger charge is -2.41. The van der Waals surface area contributed by atoms with Gasteiger partial charge in [0.2, 0.25) is 0 Å². The number of sulfone groups is 1. The predicted octanol–water partition coefficient (Wildman–Crippen LogP) is 1.86. The molecule has 2 aromatic carbocycles. The lowest BCUT2D eigenvalue weighted by molar-refractivity contribution is -0.144. The number of nitrogens with one attached hydrogen (secondary N) is 2. The predicted molar refractivity (Wildman–Crippen MR) is 106 cm³/mol. The summed E-state index contributed by atoms with van der Waals surface area (Å²) in [6, 6.07) is 9.05. The molecule has 1 aliphatic rings. The van der Waals surface area contributed by atoms with Crippen molar-refractivity contribution in [3.05, 3.63) is 54.3 Å². The second-order valence-corrected chi connectivity index (χ2v) is 9.25. The number of ether oxygens (including phenoxy) is 1. The summed E-state index contributed by atoms with van der Waals surface area (Å²) >= 11 is 0. The molecule has 0 saturated heterocycles. The van der Waals surface area contributed by atoms with Crippen LogP contribution in [0.25, 0.3) is 0 Å². The van der Waals surface area contributed by atoms with Gasteiger partial charge in [-0.15, -0.1) is 0 Å².